The highest BCUT2D eigenvalue weighted by Gasteiger charge is 2.24. The van der Waals surface area contributed by atoms with Crippen molar-refractivity contribution in [2.24, 2.45) is 0 Å². The summed E-state index contributed by atoms with van der Waals surface area (Å²) in [6, 6.07) is 69.7. The van der Waals surface area contributed by atoms with Crippen molar-refractivity contribution in [1.29, 1.82) is 5.26 Å². The van der Waals surface area contributed by atoms with E-state index in [1.54, 1.807) is 0 Å². The summed E-state index contributed by atoms with van der Waals surface area (Å²) in [5.74, 6) is 0. The van der Waals surface area contributed by atoms with Crippen LogP contribution in [0.3, 0.4) is 0 Å². The number of nitrogens with zero attached hydrogens (tertiary/aromatic N) is 6. The smallest absolute Gasteiger partial charge is 0.0998 e. The Morgan fingerprint density at radius 1 is 0.359 bits per heavy atom. The molecule has 0 atom stereocenters. The van der Waals surface area contributed by atoms with E-state index in [9.17, 15) is 5.26 Å². The van der Waals surface area contributed by atoms with Gasteiger partial charge in [0.15, 0.2) is 0 Å². The predicted molar refractivity (Wildman–Crippen MR) is 260 cm³/mol. The Bertz CT molecular complexity index is 3550. The second-order valence-electron chi connectivity index (χ2n) is 16.0. The van der Waals surface area contributed by atoms with E-state index in [4.69, 9.17) is 15.0 Å². The molecule has 0 amide bonds. The molecule has 0 aliphatic carbocycles. The topological polar surface area (TPSA) is 72.3 Å². The summed E-state index contributed by atoms with van der Waals surface area (Å²) in [6.07, 6.45) is 7.80. The molecule has 12 rings (SSSR count). The highest BCUT2D eigenvalue weighted by atomic mass is 15.0. The van der Waals surface area contributed by atoms with Crippen LogP contribution in [0.4, 0.5) is 0 Å². The Hall–Kier alpha value is -8.92. The first-order valence-corrected chi connectivity index (χ1v) is 21.3. The van der Waals surface area contributed by atoms with Crippen molar-refractivity contribution in [1.82, 2.24) is 24.1 Å². The van der Waals surface area contributed by atoms with Crippen molar-refractivity contribution in [3.05, 3.63) is 224 Å². The average molecular weight is 817 g/mol. The van der Waals surface area contributed by atoms with Gasteiger partial charge in [-0.1, -0.05) is 140 Å². The highest BCUT2D eigenvalue weighted by molar-refractivity contribution is 6.13. The molecular formula is C58H36N6. The molecule has 12 aromatic rings. The van der Waals surface area contributed by atoms with Gasteiger partial charge in [0.05, 0.1) is 68.9 Å². The van der Waals surface area contributed by atoms with Crippen LogP contribution in [0.25, 0.3) is 111 Å². The zero-order valence-electron chi connectivity index (χ0n) is 34.5. The summed E-state index contributed by atoms with van der Waals surface area (Å²) in [5.41, 5.74) is 16.5. The first-order chi connectivity index (χ1) is 31.7. The van der Waals surface area contributed by atoms with Gasteiger partial charge in [-0.2, -0.15) is 5.26 Å². The van der Waals surface area contributed by atoms with Gasteiger partial charge in [0, 0.05) is 67.3 Å². The van der Waals surface area contributed by atoms with Gasteiger partial charge < -0.3 is 9.13 Å². The molecule has 0 aliphatic rings. The molecule has 298 valence electrons. The zero-order valence-corrected chi connectivity index (χ0v) is 34.5. The third kappa shape index (κ3) is 6.06. The number of rotatable bonds is 7. The Kier molecular flexibility index (Phi) is 8.77. The molecule has 0 unspecified atom stereocenters. The van der Waals surface area contributed by atoms with E-state index in [0.717, 1.165) is 111 Å². The summed E-state index contributed by atoms with van der Waals surface area (Å²) < 4.78 is 4.62. The highest BCUT2D eigenvalue weighted by Crippen LogP contribution is 2.43. The minimum Gasteiger partial charge on any atom is -0.307 e. The lowest BCUT2D eigenvalue weighted by Gasteiger charge is -2.20. The average Bonchev–Trinajstić information content (AvgIpc) is 3.89. The molecule has 6 nitrogen and oxygen atoms in total. The predicted octanol–water partition coefficient (Wildman–Crippen LogP) is 14.3. The number of hydrogen-bond acceptors (Lipinski definition) is 4. The van der Waals surface area contributed by atoms with E-state index < -0.39 is 0 Å². The molecule has 64 heavy (non-hydrogen) atoms. The van der Waals surface area contributed by atoms with E-state index in [-0.39, 0.29) is 0 Å². The zero-order chi connectivity index (χ0) is 42.6. The largest absolute Gasteiger partial charge is 0.307 e. The van der Waals surface area contributed by atoms with Gasteiger partial charge >= 0.3 is 0 Å². The molecule has 0 spiro atoms. The van der Waals surface area contributed by atoms with Crippen molar-refractivity contribution in [2.75, 3.05) is 0 Å². The number of para-hydroxylation sites is 2. The molecule has 0 fully saturated rings. The lowest BCUT2D eigenvalue weighted by atomic mass is 9.97. The van der Waals surface area contributed by atoms with Crippen molar-refractivity contribution in [3.8, 4) is 73.3 Å². The first-order valence-electron chi connectivity index (χ1n) is 21.3. The van der Waals surface area contributed by atoms with Crippen LogP contribution in [0.5, 0.6) is 0 Å². The monoisotopic (exact) mass is 816 g/mol. The van der Waals surface area contributed by atoms with Crippen LogP contribution in [-0.4, -0.2) is 24.1 Å². The molecule has 0 aliphatic heterocycles. The molecule has 0 saturated heterocycles. The van der Waals surface area contributed by atoms with Crippen LogP contribution < -0.4 is 0 Å². The summed E-state index contributed by atoms with van der Waals surface area (Å²) in [5, 5.41) is 15.1. The van der Waals surface area contributed by atoms with Crippen LogP contribution in [0.1, 0.15) is 5.56 Å². The summed E-state index contributed by atoms with van der Waals surface area (Å²) >= 11 is 0. The van der Waals surface area contributed by atoms with E-state index in [1.165, 1.54) is 0 Å². The maximum absolute atomic E-state index is 10.7. The molecule has 6 heteroatoms. The molecule has 5 aromatic heterocycles. The van der Waals surface area contributed by atoms with Gasteiger partial charge in [0.2, 0.25) is 0 Å². The maximum atomic E-state index is 10.7. The molecule has 7 aromatic carbocycles. The minimum atomic E-state index is 0.584. The van der Waals surface area contributed by atoms with Gasteiger partial charge in [-0.25, -0.2) is 0 Å². The Morgan fingerprint density at radius 2 is 0.797 bits per heavy atom. The van der Waals surface area contributed by atoms with Gasteiger partial charge in [0.1, 0.15) is 0 Å². The molecule has 0 bridgehead atoms. The Balaban J connectivity index is 1.06. The summed E-state index contributed by atoms with van der Waals surface area (Å²) in [6.45, 7) is 0. The van der Waals surface area contributed by atoms with Crippen LogP contribution in [0, 0.1) is 11.3 Å². The van der Waals surface area contributed by atoms with Crippen molar-refractivity contribution >= 4 is 43.6 Å². The quantitative estimate of drug-likeness (QED) is 0.161. The maximum Gasteiger partial charge on any atom is 0.0998 e. The number of nitriles is 1. The van der Waals surface area contributed by atoms with E-state index in [0.29, 0.717) is 5.56 Å². The van der Waals surface area contributed by atoms with Crippen LogP contribution in [-0.2, 0) is 0 Å². The standard InChI is InChI=1S/C58H36N6/c59-33-42-17-7-8-18-45(42)58-56(63-52-21-11-9-19-46(52)48-31-40(25-29-54(48)63)43-23-27-50(61-34-43)38-13-3-1-4-14-38)36-60-37-57(58)64-53-22-12-10-20-47(53)49-32-41(26-30-55(49)64)44-24-28-51(62-35-44)39-15-5-2-6-16-39/h1-32,34-37H. The Labute approximate surface area is 369 Å². The lowest BCUT2D eigenvalue weighted by molar-refractivity contribution is 1.09. The summed E-state index contributed by atoms with van der Waals surface area (Å²) in [4.78, 5) is 14.7. The molecule has 0 saturated carbocycles. The van der Waals surface area contributed by atoms with Gasteiger partial charge in [-0.3, -0.25) is 15.0 Å². The SMILES string of the molecule is N#Cc1ccccc1-c1c(-n2c3ccccc3c3cc(-c4ccc(-c5ccccc5)nc4)ccc32)cncc1-n1c2ccccc2c2cc(-c3ccc(-c4ccccc4)nc3)ccc21. The lowest BCUT2D eigenvalue weighted by Crippen LogP contribution is -2.05. The number of fused-ring (bicyclic) bond motifs is 6. The van der Waals surface area contributed by atoms with Crippen molar-refractivity contribution < 1.29 is 0 Å². The first kappa shape index (κ1) is 36.9. The molecule has 0 N–H and O–H groups in total. The third-order valence-corrected chi connectivity index (χ3v) is 12.4. The van der Waals surface area contributed by atoms with Crippen molar-refractivity contribution in [2.45, 2.75) is 0 Å². The molecular weight excluding hydrogens is 781 g/mol. The second-order valence-corrected chi connectivity index (χ2v) is 16.0. The van der Waals surface area contributed by atoms with Crippen LogP contribution >= 0.6 is 0 Å². The van der Waals surface area contributed by atoms with Gasteiger partial charge in [0.25, 0.3) is 0 Å². The van der Waals surface area contributed by atoms with E-state index in [1.807, 2.05) is 79.4 Å². The second kappa shape index (κ2) is 15.2. The van der Waals surface area contributed by atoms with Gasteiger partial charge in [-0.05, 0) is 65.7 Å². The van der Waals surface area contributed by atoms with E-state index in [2.05, 4.69) is 155 Å². The van der Waals surface area contributed by atoms with E-state index >= 15 is 0 Å². The van der Waals surface area contributed by atoms with Gasteiger partial charge in [-0.15, -0.1) is 0 Å². The third-order valence-electron chi connectivity index (χ3n) is 12.4. The fourth-order valence-electron chi connectivity index (χ4n) is 9.37. The fourth-order valence-corrected chi connectivity index (χ4v) is 9.37. The summed E-state index contributed by atoms with van der Waals surface area (Å²) in [7, 11) is 0. The number of hydrogen-bond donors (Lipinski definition) is 0. The number of benzene rings is 7. The fraction of sp³-hybridized carbons (Fsp3) is 0. The molecule has 0 radical (unpaired) electrons. The number of aromatic nitrogens is 5. The van der Waals surface area contributed by atoms with Crippen LogP contribution in [0.2, 0.25) is 0 Å². The van der Waals surface area contributed by atoms with Crippen molar-refractivity contribution in [3.63, 3.8) is 0 Å². The Morgan fingerprint density at radius 3 is 1.28 bits per heavy atom. The number of pyridine rings is 3. The minimum absolute atomic E-state index is 0.584. The van der Waals surface area contributed by atoms with Crippen LogP contribution in [0.15, 0.2) is 219 Å². The molecule has 5 heterocycles. The normalized spacial score (nSPS) is 11.4.